The van der Waals surface area contributed by atoms with Crippen molar-refractivity contribution in [2.24, 2.45) is 0 Å². The summed E-state index contributed by atoms with van der Waals surface area (Å²) in [6, 6.07) is 2.29. The SMILES string of the molecule is COc1cc(/C=C2/NC(=O)N(CC(=O)O)C2=O)cc(Cl)c1OC. The van der Waals surface area contributed by atoms with Crippen LogP contribution in [0.1, 0.15) is 5.56 Å². The average Bonchev–Trinajstić information content (AvgIpc) is 2.73. The number of halogens is 1. The summed E-state index contributed by atoms with van der Waals surface area (Å²) in [6.45, 7) is -0.714. The molecule has 0 aromatic heterocycles. The number of nitrogens with one attached hydrogen (secondary N) is 1. The Labute approximate surface area is 136 Å². The minimum absolute atomic E-state index is 0.0560. The molecule has 0 unspecified atom stereocenters. The first-order valence-electron chi connectivity index (χ1n) is 6.35. The third-order valence-corrected chi connectivity index (χ3v) is 3.30. The number of carboxylic acids is 1. The molecule has 23 heavy (non-hydrogen) atoms. The van der Waals surface area contributed by atoms with Crippen LogP contribution < -0.4 is 14.8 Å². The first-order valence-corrected chi connectivity index (χ1v) is 6.73. The monoisotopic (exact) mass is 340 g/mol. The van der Waals surface area contributed by atoms with Crippen molar-refractivity contribution in [3.05, 3.63) is 28.4 Å². The summed E-state index contributed by atoms with van der Waals surface area (Å²) in [6.07, 6.45) is 1.37. The largest absolute Gasteiger partial charge is 0.493 e. The molecule has 0 spiro atoms. The van der Waals surface area contributed by atoms with E-state index in [4.69, 9.17) is 26.2 Å². The van der Waals surface area contributed by atoms with Gasteiger partial charge >= 0.3 is 12.0 Å². The van der Waals surface area contributed by atoms with Crippen molar-refractivity contribution in [1.29, 1.82) is 0 Å². The lowest BCUT2D eigenvalue weighted by molar-refractivity contribution is -0.140. The molecule has 122 valence electrons. The number of aliphatic carboxylic acids is 1. The van der Waals surface area contributed by atoms with Crippen molar-refractivity contribution >= 4 is 35.6 Å². The van der Waals surface area contributed by atoms with E-state index < -0.39 is 24.5 Å². The highest BCUT2D eigenvalue weighted by molar-refractivity contribution is 6.32. The smallest absolute Gasteiger partial charge is 0.329 e. The lowest BCUT2D eigenvalue weighted by Crippen LogP contribution is -2.35. The minimum atomic E-state index is -1.29. The molecule has 2 N–H and O–H groups in total. The molecule has 0 aliphatic carbocycles. The van der Waals surface area contributed by atoms with Crippen LogP contribution in [0, 0.1) is 0 Å². The molecule has 1 aliphatic rings. The molecular formula is C14H13ClN2O6. The molecular weight excluding hydrogens is 328 g/mol. The number of ether oxygens (including phenoxy) is 2. The Balaban J connectivity index is 2.36. The number of hydrogen-bond donors (Lipinski definition) is 2. The number of carboxylic acid groups (broad SMARTS) is 1. The molecule has 3 amide bonds. The second kappa shape index (κ2) is 6.57. The van der Waals surface area contributed by atoms with E-state index in [1.807, 2.05) is 0 Å². The Morgan fingerprint density at radius 1 is 1.35 bits per heavy atom. The van der Waals surface area contributed by atoms with Gasteiger partial charge in [-0.2, -0.15) is 0 Å². The van der Waals surface area contributed by atoms with Gasteiger partial charge in [0, 0.05) is 0 Å². The molecule has 8 nitrogen and oxygen atoms in total. The molecule has 1 aromatic carbocycles. The number of benzene rings is 1. The lowest BCUT2D eigenvalue weighted by atomic mass is 10.1. The highest BCUT2D eigenvalue weighted by Crippen LogP contribution is 2.36. The topological polar surface area (TPSA) is 105 Å². The molecule has 2 rings (SSSR count). The Kier molecular flexibility index (Phi) is 4.75. The van der Waals surface area contributed by atoms with Gasteiger partial charge in [-0.25, -0.2) is 9.69 Å². The Morgan fingerprint density at radius 2 is 2.04 bits per heavy atom. The third-order valence-electron chi connectivity index (χ3n) is 3.02. The Hall–Kier alpha value is -2.74. The zero-order chi connectivity index (χ0) is 17.1. The summed E-state index contributed by atoms with van der Waals surface area (Å²) in [5.41, 5.74) is 0.424. The first-order chi connectivity index (χ1) is 10.9. The van der Waals surface area contributed by atoms with Crippen LogP contribution in [0.25, 0.3) is 6.08 Å². The summed E-state index contributed by atoms with van der Waals surface area (Å²) in [4.78, 5) is 34.9. The van der Waals surface area contributed by atoms with Gasteiger partial charge in [-0.05, 0) is 23.8 Å². The van der Waals surface area contributed by atoms with Crippen molar-refractivity contribution in [3.8, 4) is 11.5 Å². The van der Waals surface area contributed by atoms with Gasteiger partial charge in [0.2, 0.25) is 0 Å². The van der Waals surface area contributed by atoms with E-state index in [1.165, 1.54) is 26.4 Å². The number of carbonyl (C=O) groups is 3. The van der Waals surface area contributed by atoms with Gasteiger partial charge < -0.3 is 19.9 Å². The van der Waals surface area contributed by atoms with Gasteiger partial charge in [0.25, 0.3) is 5.91 Å². The molecule has 0 radical (unpaired) electrons. The number of urea groups is 1. The molecule has 1 fully saturated rings. The van der Waals surface area contributed by atoms with E-state index in [2.05, 4.69) is 5.32 Å². The Morgan fingerprint density at radius 3 is 2.61 bits per heavy atom. The maximum atomic E-state index is 12.0. The number of nitrogens with zero attached hydrogens (tertiary/aromatic N) is 1. The fourth-order valence-electron chi connectivity index (χ4n) is 2.04. The lowest BCUT2D eigenvalue weighted by Gasteiger charge is -2.10. The highest BCUT2D eigenvalue weighted by Gasteiger charge is 2.34. The number of amides is 3. The number of imide groups is 1. The predicted molar refractivity (Wildman–Crippen MR) is 80.4 cm³/mol. The normalized spacial score (nSPS) is 15.8. The van der Waals surface area contributed by atoms with Crippen molar-refractivity contribution in [2.45, 2.75) is 0 Å². The molecule has 0 bridgehead atoms. The van der Waals surface area contributed by atoms with Crippen molar-refractivity contribution < 1.29 is 29.0 Å². The second-order valence-electron chi connectivity index (χ2n) is 4.51. The quantitative estimate of drug-likeness (QED) is 0.619. The molecule has 1 saturated heterocycles. The number of methoxy groups -OCH3 is 2. The van der Waals surface area contributed by atoms with Crippen LogP contribution in [0.15, 0.2) is 17.8 Å². The van der Waals surface area contributed by atoms with Gasteiger partial charge in [-0.3, -0.25) is 9.59 Å². The number of rotatable bonds is 5. The van der Waals surface area contributed by atoms with Crippen molar-refractivity contribution in [1.82, 2.24) is 10.2 Å². The van der Waals surface area contributed by atoms with Crippen LogP contribution in [0.3, 0.4) is 0 Å². The zero-order valence-electron chi connectivity index (χ0n) is 12.3. The maximum Gasteiger partial charge on any atom is 0.329 e. The van der Waals surface area contributed by atoms with Gasteiger partial charge in [-0.1, -0.05) is 11.6 Å². The van der Waals surface area contributed by atoms with Crippen LogP contribution in [0.4, 0.5) is 4.79 Å². The third kappa shape index (κ3) is 3.37. The number of hydrogen-bond acceptors (Lipinski definition) is 5. The molecule has 1 aromatic rings. The van der Waals surface area contributed by atoms with E-state index in [0.717, 1.165) is 0 Å². The standard InChI is InChI=1S/C14H13ClN2O6/c1-22-10-5-7(3-8(15)12(10)23-2)4-9-13(20)17(6-11(18)19)14(21)16-9/h3-5H,6H2,1-2H3,(H,16,21)(H,18,19)/b9-4+. The van der Waals surface area contributed by atoms with Crippen LogP contribution in [-0.4, -0.2) is 48.7 Å². The molecule has 1 heterocycles. The van der Waals surface area contributed by atoms with E-state index in [9.17, 15) is 14.4 Å². The predicted octanol–water partition coefficient (Wildman–Crippen LogP) is 1.33. The summed E-state index contributed by atoms with van der Waals surface area (Å²) in [7, 11) is 2.87. The number of carbonyl (C=O) groups excluding carboxylic acids is 2. The van der Waals surface area contributed by atoms with Crippen LogP contribution in [0.2, 0.25) is 5.02 Å². The van der Waals surface area contributed by atoms with Gasteiger partial charge in [0.1, 0.15) is 12.2 Å². The summed E-state index contributed by atoms with van der Waals surface area (Å²) in [5, 5.41) is 11.3. The fraction of sp³-hybridized carbons (Fsp3) is 0.214. The molecule has 0 saturated carbocycles. The molecule has 9 heteroatoms. The van der Waals surface area contributed by atoms with E-state index in [1.54, 1.807) is 6.07 Å². The summed E-state index contributed by atoms with van der Waals surface area (Å²) >= 11 is 6.07. The van der Waals surface area contributed by atoms with E-state index >= 15 is 0 Å². The van der Waals surface area contributed by atoms with Gasteiger partial charge in [0.15, 0.2) is 11.5 Å². The average molecular weight is 341 g/mol. The van der Waals surface area contributed by atoms with Crippen LogP contribution in [-0.2, 0) is 9.59 Å². The van der Waals surface area contributed by atoms with Crippen LogP contribution in [0.5, 0.6) is 11.5 Å². The maximum absolute atomic E-state index is 12.0. The fourth-order valence-corrected chi connectivity index (χ4v) is 2.33. The zero-order valence-corrected chi connectivity index (χ0v) is 13.0. The van der Waals surface area contributed by atoms with Crippen molar-refractivity contribution in [2.75, 3.05) is 20.8 Å². The van der Waals surface area contributed by atoms with Gasteiger partial charge in [-0.15, -0.1) is 0 Å². The van der Waals surface area contributed by atoms with Gasteiger partial charge in [0.05, 0.1) is 19.2 Å². The van der Waals surface area contributed by atoms with E-state index in [0.29, 0.717) is 22.0 Å². The Bertz CT molecular complexity index is 715. The minimum Gasteiger partial charge on any atom is -0.493 e. The summed E-state index contributed by atoms with van der Waals surface area (Å²) < 4.78 is 10.2. The first kappa shape index (κ1) is 16.6. The highest BCUT2D eigenvalue weighted by atomic mass is 35.5. The van der Waals surface area contributed by atoms with E-state index in [-0.39, 0.29) is 10.7 Å². The molecule has 0 atom stereocenters. The van der Waals surface area contributed by atoms with Crippen molar-refractivity contribution in [3.63, 3.8) is 0 Å². The van der Waals surface area contributed by atoms with Crippen LogP contribution >= 0.6 is 11.6 Å². The second-order valence-corrected chi connectivity index (χ2v) is 4.92. The summed E-state index contributed by atoms with van der Waals surface area (Å²) in [5.74, 6) is -1.33. The molecule has 1 aliphatic heterocycles.